The molecule has 10 atom stereocenters. The molecule has 1 aliphatic heterocycles. The lowest BCUT2D eigenvalue weighted by atomic mass is 9.52. The van der Waals surface area contributed by atoms with Crippen LogP contribution in [0, 0.1) is 34.9 Å². The normalized spacial score (nSPS) is 24.9. The van der Waals surface area contributed by atoms with E-state index in [4.69, 9.17) is 4.84 Å². The molecule has 0 aromatic heterocycles. The molecule has 1 saturated heterocycles. The number of nitrogens with zero attached hydrogens (tertiary/aromatic N) is 3. The number of amides is 1. The van der Waals surface area contributed by atoms with E-state index >= 15 is 4.39 Å². The van der Waals surface area contributed by atoms with Gasteiger partial charge in [0.1, 0.15) is 24.3 Å². The van der Waals surface area contributed by atoms with Gasteiger partial charge in [-0.05, 0) is 97.6 Å². The number of aliphatic hydroxyl groups is 4. The van der Waals surface area contributed by atoms with E-state index in [-0.39, 0.29) is 36.0 Å². The number of nitrogens with one attached hydrogen (secondary N) is 2. The number of hydrogen-bond donors (Lipinski definition) is 6. The van der Waals surface area contributed by atoms with Gasteiger partial charge in [-0.15, -0.1) is 0 Å². The molecule has 12 heteroatoms. The van der Waals surface area contributed by atoms with Crippen molar-refractivity contribution < 1.29 is 34.4 Å². The number of rotatable bonds is 17. The standard InChI is InChI=1S/C44H64FN5O6/c1-26(35-17-27(2)44(35,4)5)22-46-43(55)40-39(28(3)52)38(25-51)56-50(40)23-33-18-30(15-16-36(33)45)31-19-32(21-34(20-31)49(8)9)42(54)47-37(24-48(6)7)41(53)29-13-11-10-12-14-29/h10-16,18-21,26-28,35,37-41,43,46,51-53,55H,17,22-25H2,1-9H3,(H,47,54)/t26-,27-,28+,35-,37-,38+,39-,40+,41-,43?/m1/s1. The van der Waals surface area contributed by atoms with Gasteiger partial charge in [0.05, 0.1) is 31.3 Å². The van der Waals surface area contributed by atoms with Gasteiger partial charge in [0.25, 0.3) is 5.91 Å². The third-order valence-electron chi connectivity index (χ3n) is 12.5. The predicted octanol–water partition coefficient (Wildman–Crippen LogP) is 4.65. The van der Waals surface area contributed by atoms with Crippen LogP contribution in [0.2, 0.25) is 0 Å². The van der Waals surface area contributed by atoms with E-state index < -0.39 is 48.4 Å². The highest BCUT2D eigenvalue weighted by molar-refractivity contribution is 5.97. The first kappa shape index (κ1) is 43.7. The topological polar surface area (TPSA) is 141 Å². The van der Waals surface area contributed by atoms with Gasteiger partial charge in [-0.1, -0.05) is 64.1 Å². The Hall–Kier alpha value is -3.46. The molecule has 6 N–H and O–H groups in total. The van der Waals surface area contributed by atoms with Crippen molar-refractivity contribution in [3.8, 4) is 11.1 Å². The van der Waals surface area contributed by atoms with E-state index in [0.29, 0.717) is 47.2 Å². The van der Waals surface area contributed by atoms with E-state index in [9.17, 15) is 25.2 Å². The minimum Gasteiger partial charge on any atom is -0.394 e. The van der Waals surface area contributed by atoms with Crippen LogP contribution in [-0.2, 0) is 11.4 Å². The number of halogens is 1. The Morgan fingerprint density at radius 1 is 1.00 bits per heavy atom. The monoisotopic (exact) mass is 777 g/mol. The number of hydrogen-bond acceptors (Lipinski definition) is 10. The van der Waals surface area contributed by atoms with Crippen LogP contribution in [0.25, 0.3) is 11.1 Å². The molecule has 0 spiro atoms. The molecule has 3 aromatic rings. The van der Waals surface area contributed by atoms with E-state index in [0.717, 1.165) is 12.1 Å². The summed E-state index contributed by atoms with van der Waals surface area (Å²) in [6.45, 7) is 11.1. The molecular formula is C44H64FN5O6. The molecule has 1 aliphatic carbocycles. The van der Waals surface area contributed by atoms with Crippen LogP contribution >= 0.6 is 0 Å². The summed E-state index contributed by atoms with van der Waals surface area (Å²) in [6, 6.07) is 18.0. The summed E-state index contributed by atoms with van der Waals surface area (Å²) in [6.07, 6.45) is -2.68. The van der Waals surface area contributed by atoms with Gasteiger partial charge in [0.15, 0.2) is 0 Å². The second kappa shape index (κ2) is 18.4. The molecule has 5 rings (SSSR count). The van der Waals surface area contributed by atoms with Gasteiger partial charge in [-0.2, -0.15) is 5.06 Å². The van der Waals surface area contributed by atoms with Crippen LogP contribution < -0.4 is 15.5 Å². The fraction of sp³-hybridized carbons (Fsp3) is 0.568. The molecule has 1 unspecified atom stereocenters. The molecule has 1 amide bonds. The summed E-state index contributed by atoms with van der Waals surface area (Å²) in [7, 11) is 7.51. The van der Waals surface area contributed by atoms with Gasteiger partial charge in [0, 0.05) is 49.9 Å². The quantitative estimate of drug-likeness (QED) is 0.107. The van der Waals surface area contributed by atoms with Crippen molar-refractivity contribution in [2.45, 2.75) is 84.2 Å². The molecule has 1 heterocycles. The summed E-state index contributed by atoms with van der Waals surface area (Å²) in [5, 5.41) is 51.8. The molecule has 3 aromatic carbocycles. The van der Waals surface area contributed by atoms with Gasteiger partial charge in [0.2, 0.25) is 0 Å². The van der Waals surface area contributed by atoms with Crippen LogP contribution in [0.5, 0.6) is 0 Å². The maximum atomic E-state index is 15.7. The highest BCUT2D eigenvalue weighted by Gasteiger charge is 2.50. The minimum atomic E-state index is -1.13. The second-order valence-electron chi connectivity index (χ2n) is 17.3. The molecule has 2 fully saturated rings. The molecule has 1 saturated carbocycles. The van der Waals surface area contributed by atoms with Crippen molar-refractivity contribution in [1.29, 1.82) is 0 Å². The summed E-state index contributed by atoms with van der Waals surface area (Å²) in [5.74, 6) is -0.0882. The highest BCUT2D eigenvalue weighted by Crippen LogP contribution is 2.54. The number of aliphatic hydroxyl groups excluding tert-OH is 4. The lowest BCUT2D eigenvalue weighted by Crippen LogP contribution is -2.54. The Balaban J connectivity index is 1.40. The Morgan fingerprint density at radius 2 is 1.70 bits per heavy atom. The van der Waals surface area contributed by atoms with Crippen LogP contribution in [-0.4, -0.2) is 115 Å². The molecule has 11 nitrogen and oxygen atoms in total. The lowest BCUT2D eigenvalue weighted by Gasteiger charge is -2.54. The first-order chi connectivity index (χ1) is 26.4. The number of hydroxylamine groups is 2. The number of benzene rings is 3. The summed E-state index contributed by atoms with van der Waals surface area (Å²) in [5.41, 5.74) is 3.63. The zero-order valence-corrected chi connectivity index (χ0v) is 34.5. The smallest absolute Gasteiger partial charge is 0.251 e. The fourth-order valence-corrected chi connectivity index (χ4v) is 8.68. The van der Waals surface area contributed by atoms with E-state index in [1.807, 2.05) is 74.4 Å². The lowest BCUT2D eigenvalue weighted by molar-refractivity contribution is -0.192. The van der Waals surface area contributed by atoms with Gasteiger partial charge >= 0.3 is 0 Å². The number of likely N-dealkylation sites (N-methyl/N-ethyl adjacent to an activating group) is 1. The third-order valence-corrected chi connectivity index (χ3v) is 12.5. The highest BCUT2D eigenvalue weighted by atomic mass is 19.1. The van der Waals surface area contributed by atoms with E-state index in [1.54, 1.807) is 31.2 Å². The first-order valence-electron chi connectivity index (χ1n) is 19.9. The molecule has 0 bridgehead atoms. The average Bonchev–Trinajstić information content (AvgIpc) is 3.54. The average molecular weight is 778 g/mol. The van der Waals surface area contributed by atoms with Gasteiger partial charge in [-0.25, -0.2) is 4.39 Å². The van der Waals surface area contributed by atoms with Crippen molar-refractivity contribution in [3.63, 3.8) is 0 Å². The minimum absolute atomic E-state index is 0.0736. The molecule has 0 radical (unpaired) electrons. The van der Waals surface area contributed by atoms with Gasteiger partial charge < -0.3 is 35.5 Å². The number of anilines is 1. The van der Waals surface area contributed by atoms with Crippen molar-refractivity contribution in [2.75, 3.05) is 52.8 Å². The zero-order chi connectivity index (χ0) is 41.1. The Bertz CT molecular complexity index is 1760. The summed E-state index contributed by atoms with van der Waals surface area (Å²) >= 11 is 0. The van der Waals surface area contributed by atoms with Crippen molar-refractivity contribution >= 4 is 11.6 Å². The third kappa shape index (κ3) is 9.79. The SMILES string of the molecule is C[C@H](O)[C@@H]1[C@H](CO)ON(Cc2cc(-c3cc(C(=O)N[C@H](CN(C)C)[C@H](O)c4ccccc4)cc(N(C)C)c3)ccc2F)[C@@H]1C(O)NC[C@@H](C)[C@H]1C[C@@H](C)C1(C)C. The Morgan fingerprint density at radius 3 is 2.29 bits per heavy atom. The Labute approximate surface area is 332 Å². The van der Waals surface area contributed by atoms with Crippen molar-refractivity contribution in [1.82, 2.24) is 20.6 Å². The van der Waals surface area contributed by atoms with Crippen LogP contribution in [0.3, 0.4) is 0 Å². The van der Waals surface area contributed by atoms with E-state index in [1.165, 1.54) is 11.1 Å². The molecular weight excluding hydrogens is 714 g/mol. The first-order valence-corrected chi connectivity index (χ1v) is 19.9. The summed E-state index contributed by atoms with van der Waals surface area (Å²) < 4.78 is 15.7. The predicted molar refractivity (Wildman–Crippen MR) is 218 cm³/mol. The van der Waals surface area contributed by atoms with Crippen LogP contribution in [0.15, 0.2) is 66.7 Å². The number of carbonyl (C=O) groups is 1. The molecule has 308 valence electrons. The molecule has 2 aliphatic rings. The largest absolute Gasteiger partial charge is 0.394 e. The molecule has 56 heavy (non-hydrogen) atoms. The fourth-order valence-electron chi connectivity index (χ4n) is 8.68. The second-order valence-corrected chi connectivity index (χ2v) is 17.3. The van der Waals surface area contributed by atoms with Crippen molar-refractivity contribution in [2.24, 2.45) is 29.1 Å². The maximum absolute atomic E-state index is 15.7. The van der Waals surface area contributed by atoms with Crippen LogP contribution in [0.1, 0.15) is 68.6 Å². The van der Waals surface area contributed by atoms with Gasteiger partial charge in [-0.3, -0.25) is 14.9 Å². The summed E-state index contributed by atoms with van der Waals surface area (Å²) in [4.78, 5) is 23.9. The maximum Gasteiger partial charge on any atom is 0.251 e. The van der Waals surface area contributed by atoms with E-state index in [2.05, 4.69) is 38.3 Å². The zero-order valence-electron chi connectivity index (χ0n) is 34.5. The Kier molecular flexibility index (Phi) is 14.4. The van der Waals surface area contributed by atoms with Crippen LogP contribution in [0.4, 0.5) is 10.1 Å². The van der Waals surface area contributed by atoms with Crippen molar-refractivity contribution in [3.05, 3.63) is 89.2 Å². The number of carbonyl (C=O) groups excluding carboxylic acids is 1.